The van der Waals surface area contributed by atoms with Crippen LogP contribution in [0.1, 0.15) is 60.0 Å². The SMILES string of the molecule is Cc1nc(N2CCC(C(=O)N[C@H]3CCCc4ccccc43)CC2)c2c(C)c(C)oc2n1. The predicted molar refractivity (Wildman–Crippen MR) is 121 cm³/mol. The van der Waals surface area contributed by atoms with Gasteiger partial charge < -0.3 is 14.6 Å². The number of hydrogen-bond donors (Lipinski definition) is 1. The zero-order chi connectivity index (χ0) is 21.5. The predicted octanol–water partition coefficient (Wildman–Crippen LogP) is 4.56. The number of nitrogens with zero attached hydrogens (tertiary/aromatic N) is 3. The van der Waals surface area contributed by atoms with Crippen molar-refractivity contribution in [2.75, 3.05) is 18.0 Å². The molecule has 1 aromatic carbocycles. The fourth-order valence-corrected chi connectivity index (χ4v) is 5.11. The third-order valence-corrected chi connectivity index (χ3v) is 6.97. The minimum Gasteiger partial charge on any atom is -0.443 e. The van der Waals surface area contributed by atoms with Crippen LogP contribution < -0.4 is 10.2 Å². The Bertz CT molecular complexity index is 1130. The molecule has 1 atom stereocenters. The van der Waals surface area contributed by atoms with Crippen molar-refractivity contribution in [3.05, 3.63) is 52.5 Å². The highest BCUT2D eigenvalue weighted by atomic mass is 16.3. The molecule has 6 heteroatoms. The van der Waals surface area contributed by atoms with Crippen molar-refractivity contribution in [3.8, 4) is 0 Å². The molecule has 2 aromatic heterocycles. The Labute approximate surface area is 183 Å². The quantitative estimate of drug-likeness (QED) is 0.675. The van der Waals surface area contributed by atoms with E-state index in [1.54, 1.807) is 0 Å². The summed E-state index contributed by atoms with van der Waals surface area (Å²) in [4.78, 5) is 24.6. The van der Waals surface area contributed by atoms with Crippen LogP contribution >= 0.6 is 0 Å². The Morgan fingerprint density at radius 1 is 1.10 bits per heavy atom. The molecule has 0 radical (unpaired) electrons. The van der Waals surface area contributed by atoms with E-state index in [-0.39, 0.29) is 17.9 Å². The summed E-state index contributed by atoms with van der Waals surface area (Å²) in [6.45, 7) is 7.56. The van der Waals surface area contributed by atoms with Gasteiger partial charge in [0.15, 0.2) is 0 Å². The van der Waals surface area contributed by atoms with Gasteiger partial charge in [0, 0.05) is 24.6 Å². The van der Waals surface area contributed by atoms with Gasteiger partial charge in [-0.25, -0.2) is 4.98 Å². The minimum atomic E-state index is 0.0518. The summed E-state index contributed by atoms with van der Waals surface area (Å²) in [6, 6.07) is 8.67. The number of anilines is 1. The van der Waals surface area contributed by atoms with Crippen LogP contribution in [0.4, 0.5) is 5.82 Å². The molecule has 1 saturated heterocycles. The van der Waals surface area contributed by atoms with Gasteiger partial charge in [0.1, 0.15) is 17.4 Å². The van der Waals surface area contributed by atoms with Crippen molar-refractivity contribution in [3.63, 3.8) is 0 Å². The van der Waals surface area contributed by atoms with Gasteiger partial charge in [0.2, 0.25) is 11.6 Å². The van der Waals surface area contributed by atoms with E-state index < -0.39 is 0 Å². The minimum absolute atomic E-state index is 0.0518. The third-order valence-electron chi connectivity index (χ3n) is 6.97. The first kappa shape index (κ1) is 20.0. The highest BCUT2D eigenvalue weighted by Crippen LogP contribution is 2.34. The van der Waals surface area contributed by atoms with Gasteiger partial charge in [-0.05, 0) is 64.0 Å². The molecule has 2 aliphatic rings. The number of amides is 1. The molecule has 3 heterocycles. The van der Waals surface area contributed by atoms with Crippen molar-refractivity contribution in [2.45, 2.75) is 58.9 Å². The largest absolute Gasteiger partial charge is 0.443 e. The summed E-state index contributed by atoms with van der Waals surface area (Å²) in [7, 11) is 0. The Balaban J connectivity index is 1.28. The standard InChI is InChI=1S/C25H30N4O2/c1-15-16(2)31-25-22(15)23(26-17(3)27-25)29-13-11-19(12-14-29)24(30)28-21-10-6-8-18-7-4-5-9-20(18)21/h4-5,7,9,19,21H,6,8,10-14H2,1-3H3,(H,28,30)/t21-/m0/s1. The molecule has 3 aromatic rings. The maximum absolute atomic E-state index is 13.1. The summed E-state index contributed by atoms with van der Waals surface area (Å²) in [5.41, 5.74) is 4.43. The van der Waals surface area contributed by atoms with Crippen LogP contribution in [0.5, 0.6) is 0 Å². The van der Waals surface area contributed by atoms with E-state index in [0.29, 0.717) is 11.5 Å². The van der Waals surface area contributed by atoms with Crippen LogP contribution in [-0.2, 0) is 11.2 Å². The fraction of sp³-hybridized carbons (Fsp3) is 0.480. The number of aryl methyl sites for hydroxylation is 4. The van der Waals surface area contributed by atoms with E-state index in [2.05, 4.69) is 46.4 Å². The van der Waals surface area contributed by atoms with Gasteiger partial charge in [-0.2, -0.15) is 4.98 Å². The lowest BCUT2D eigenvalue weighted by Crippen LogP contribution is -2.42. The van der Waals surface area contributed by atoms with Gasteiger partial charge >= 0.3 is 0 Å². The Morgan fingerprint density at radius 3 is 2.68 bits per heavy atom. The summed E-state index contributed by atoms with van der Waals surface area (Å²) in [5, 5.41) is 4.36. The Kier molecular flexibility index (Phi) is 5.16. The molecule has 162 valence electrons. The smallest absolute Gasteiger partial charge is 0.231 e. The van der Waals surface area contributed by atoms with Gasteiger partial charge in [-0.15, -0.1) is 0 Å². The molecule has 6 nitrogen and oxygen atoms in total. The zero-order valence-electron chi connectivity index (χ0n) is 18.6. The molecule has 0 bridgehead atoms. The van der Waals surface area contributed by atoms with Gasteiger partial charge in [0.25, 0.3) is 0 Å². The average molecular weight is 419 g/mol. The highest BCUT2D eigenvalue weighted by Gasteiger charge is 2.30. The van der Waals surface area contributed by atoms with Crippen LogP contribution in [0.3, 0.4) is 0 Å². The van der Waals surface area contributed by atoms with Crippen LogP contribution in [0.15, 0.2) is 28.7 Å². The molecule has 0 unspecified atom stereocenters. The van der Waals surface area contributed by atoms with Crippen molar-refractivity contribution >= 4 is 22.8 Å². The second kappa shape index (κ2) is 7.98. The van der Waals surface area contributed by atoms with Crippen LogP contribution in [0.25, 0.3) is 11.1 Å². The molecule has 1 N–H and O–H groups in total. The monoisotopic (exact) mass is 418 g/mol. The van der Waals surface area contributed by atoms with E-state index in [1.165, 1.54) is 11.1 Å². The van der Waals surface area contributed by atoms with E-state index in [0.717, 1.165) is 67.7 Å². The first-order chi connectivity index (χ1) is 15.0. The van der Waals surface area contributed by atoms with E-state index in [4.69, 9.17) is 9.40 Å². The third kappa shape index (κ3) is 3.68. The Morgan fingerprint density at radius 2 is 1.87 bits per heavy atom. The van der Waals surface area contributed by atoms with Crippen LogP contribution in [0, 0.1) is 26.7 Å². The summed E-state index contributed by atoms with van der Waals surface area (Å²) >= 11 is 0. The molecule has 31 heavy (non-hydrogen) atoms. The molecule has 5 rings (SSSR count). The van der Waals surface area contributed by atoms with Crippen molar-refractivity contribution in [2.24, 2.45) is 5.92 Å². The number of nitrogens with one attached hydrogen (secondary N) is 1. The number of carbonyl (C=O) groups is 1. The van der Waals surface area contributed by atoms with Crippen LogP contribution in [0.2, 0.25) is 0 Å². The molecule has 1 fully saturated rings. The Hall–Kier alpha value is -2.89. The number of fused-ring (bicyclic) bond motifs is 2. The lowest BCUT2D eigenvalue weighted by Gasteiger charge is -2.34. The average Bonchev–Trinajstić information content (AvgIpc) is 3.06. The molecule has 1 amide bonds. The van der Waals surface area contributed by atoms with Crippen molar-refractivity contribution in [1.82, 2.24) is 15.3 Å². The molecular weight excluding hydrogens is 388 g/mol. The lowest BCUT2D eigenvalue weighted by molar-refractivity contribution is -0.126. The fourth-order valence-electron chi connectivity index (χ4n) is 5.11. The second-order valence-electron chi connectivity index (χ2n) is 8.97. The number of aromatic nitrogens is 2. The van der Waals surface area contributed by atoms with E-state index in [1.807, 2.05) is 13.8 Å². The molecule has 0 spiro atoms. The maximum Gasteiger partial charge on any atom is 0.231 e. The number of rotatable bonds is 3. The van der Waals surface area contributed by atoms with Gasteiger partial charge in [-0.1, -0.05) is 24.3 Å². The number of carbonyl (C=O) groups excluding carboxylic acids is 1. The normalized spacial score (nSPS) is 19.5. The molecular formula is C25H30N4O2. The van der Waals surface area contributed by atoms with Crippen molar-refractivity contribution in [1.29, 1.82) is 0 Å². The summed E-state index contributed by atoms with van der Waals surface area (Å²) in [6.07, 6.45) is 4.94. The molecule has 0 saturated carbocycles. The van der Waals surface area contributed by atoms with Crippen molar-refractivity contribution < 1.29 is 9.21 Å². The first-order valence-electron chi connectivity index (χ1n) is 11.4. The topological polar surface area (TPSA) is 71.3 Å². The van der Waals surface area contributed by atoms with Crippen LogP contribution in [-0.4, -0.2) is 29.0 Å². The second-order valence-corrected chi connectivity index (χ2v) is 8.97. The highest BCUT2D eigenvalue weighted by molar-refractivity contribution is 5.90. The molecule has 1 aliphatic carbocycles. The number of hydrogen-bond acceptors (Lipinski definition) is 5. The van der Waals surface area contributed by atoms with E-state index >= 15 is 0 Å². The first-order valence-corrected chi connectivity index (χ1v) is 11.4. The summed E-state index contributed by atoms with van der Waals surface area (Å²) in [5.74, 6) is 2.79. The number of furan rings is 1. The number of piperidine rings is 1. The summed E-state index contributed by atoms with van der Waals surface area (Å²) < 4.78 is 5.84. The number of benzene rings is 1. The van der Waals surface area contributed by atoms with E-state index in [9.17, 15) is 4.79 Å². The van der Waals surface area contributed by atoms with Gasteiger partial charge in [0.05, 0.1) is 11.4 Å². The lowest BCUT2D eigenvalue weighted by atomic mass is 9.87. The molecule has 1 aliphatic heterocycles. The zero-order valence-corrected chi connectivity index (χ0v) is 18.6. The maximum atomic E-state index is 13.1. The van der Waals surface area contributed by atoms with Gasteiger partial charge in [-0.3, -0.25) is 4.79 Å².